The number of nitrogens with zero attached hydrogens (tertiary/aromatic N) is 3. The quantitative estimate of drug-likeness (QED) is 0.477. The van der Waals surface area contributed by atoms with Crippen molar-refractivity contribution in [2.24, 2.45) is 15.1 Å². The highest BCUT2D eigenvalue weighted by Gasteiger charge is 2.10. The first-order chi connectivity index (χ1) is 5.86. The van der Waals surface area contributed by atoms with E-state index in [1.807, 2.05) is 0 Å². The van der Waals surface area contributed by atoms with Crippen LogP contribution in [0, 0.1) is 0 Å². The lowest BCUT2D eigenvalue weighted by atomic mass is 10.2. The maximum Gasteiger partial charge on any atom is 0.311 e. The fourth-order valence-electron chi connectivity index (χ4n) is 0.899. The second-order valence-electron chi connectivity index (χ2n) is 2.34. The maximum atomic E-state index is 4.88. The molecule has 12 heavy (non-hydrogen) atoms. The van der Waals surface area contributed by atoms with Crippen molar-refractivity contribution in [3.05, 3.63) is 0 Å². The van der Waals surface area contributed by atoms with Crippen LogP contribution in [0.25, 0.3) is 0 Å². The predicted molar refractivity (Wildman–Crippen MR) is 48.9 cm³/mol. The van der Waals surface area contributed by atoms with E-state index in [1.54, 1.807) is 13.3 Å². The number of methoxy groups -OCH3 is 1. The van der Waals surface area contributed by atoms with Crippen LogP contribution in [0.2, 0.25) is 0 Å². The van der Waals surface area contributed by atoms with Crippen LogP contribution in [-0.4, -0.2) is 38.7 Å². The highest BCUT2D eigenvalue weighted by molar-refractivity contribution is 5.85. The third-order valence-corrected chi connectivity index (χ3v) is 1.49. The van der Waals surface area contributed by atoms with Gasteiger partial charge in [-0.15, -0.1) is 0 Å². The van der Waals surface area contributed by atoms with Gasteiger partial charge in [0.15, 0.2) is 0 Å². The predicted octanol–water partition coefficient (Wildman–Crippen LogP) is 0.0371. The monoisotopic (exact) mass is 168 g/mol. The van der Waals surface area contributed by atoms with Crippen LogP contribution in [-0.2, 0) is 4.74 Å². The number of nitrogens with one attached hydrogen (secondary N) is 1. The highest BCUT2D eigenvalue weighted by atomic mass is 16.5. The van der Waals surface area contributed by atoms with Crippen LogP contribution in [0.3, 0.4) is 0 Å². The molecule has 1 heterocycles. The fraction of sp³-hybridized carbons (Fsp3) is 0.571. The molecule has 1 rings (SSSR count). The Bertz CT molecular complexity index is 211. The molecule has 1 aliphatic rings. The average molecular weight is 168 g/mol. The summed E-state index contributed by atoms with van der Waals surface area (Å²) in [4.78, 5) is 8.12. The van der Waals surface area contributed by atoms with E-state index in [2.05, 4.69) is 27.2 Å². The normalized spacial score (nSPS) is 21.4. The van der Waals surface area contributed by atoms with Crippen LogP contribution in [0.4, 0.5) is 0 Å². The van der Waals surface area contributed by atoms with Crippen LogP contribution in [0.1, 0.15) is 6.42 Å². The van der Waals surface area contributed by atoms with Crippen molar-refractivity contribution in [2.45, 2.75) is 12.5 Å². The van der Waals surface area contributed by atoms with Gasteiger partial charge in [-0.25, -0.2) is 9.98 Å². The van der Waals surface area contributed by atoms with Crippen molar-refractivity contribution < 1.29 is 4.74 Å². The van der Waals surface area contributed by atoms with Gasteiger partial charge in [-0.2, -0.15) is 5.10 Å². The van der Waals surface area contributed by atoms with Crippen LogP contribution in [0.5, 0.6) is 0 Å². The molecule has 0 saturated heterocycles. The molecule has 1 N–H and O–H groups in total. The summed E-state index contributed by atoms with van der Waals surface area (Å²) >= 11 is 0. The summed E-state index contributed by atoms with van der Waals surface area (Å²) in [6.45, 7) is 3.98. The third kappa shape index (κ3) is 2.34. The molecule has 0 aromatic rings. The second-order valence-corrected chi connectivity index (χ2v) is 2.34. The molecule has 66 valence electrons. The van der Waals surface area contributed by atoms with Crippen molar-refractivity contribution in [1.29, 1.82) is 0 Å². The van der Waals surface area contributed by atoms with Gasteiger partial charge < -0.3 is 10.2 Å². The van der Waals surface area contributed by atoms with Gasteiger partial charge in [-0.3, -0.25) is 0 Å². The van der Waals surface area contributed by atoms with E-state index >= 15 is 0 Å². The molecular weight excluding hydrogens is 156 g/mol. The molecule has 5 nitrogen and oxygen atoms in total. The fourth-order valence-corrected chi connectivity index (χ4v) is 0.899. The Hall–Kier alpha value is -1.39. The first-order valence-electron chi connectivity index (χ1n) is 3.69. The number of ether oxygens (including phenoxy) is 1. The van der Waals surface area contributed by atoms with Gasteiger partial charge in [0.2, 0.25) is 0 Å². The van der Waals surface area contributed by atoms with Gasteiger partial charge in [0.1, 0.15) is 0 Å². The number of amidine groups is 1. The molecule has 0 unspecified atom stereocenters. The van der Waals surface area contributed by atoms with Gasteiger partial charge >= 0.3 is 6.02 Å². The number of hydrogen-bond donors (Lipinski definition) is 1. The lowest BCUT2D eigenvalue weighted by Gasteiger charge is -2.13. The van der Waals surface area contributed by atoms with Crippen molar-refractivity contribution in [3.63, 3.8) is 0 Å². The van der Waals surface area contributed by atoms with Crippen LogP contribution < -0.4 is 5.43 Å². The minimum atomic E-state index is 0.156. The smallest absolute Gasteiger partial charge is 0.311 e. The number of hydrogen-bond acceptors (Lipinski definition) is 5. The summed E-state index contributed by atoms with van der Waals surface area (Å²) in [6, 6.07) is 0.583. The van der Waals surface area contributed by atoms with Gasteiger partial charge in [0.05, 0.1) is 19.7 Å². The largest absolute Gasteiger partial charge is 0.467 e. The summed E-state index contributed by atoms with van der Waals surface area (Å²) < 4.78 is 4.88. The number of aliphatic imine (C=N–C) groups is 2. The molecule has 0 saturated carbocycles. The minimum absolute atomic E-state index is 0.156. The lowest BCUT2D eigenvalue weighted by molar-refractivity contribution is 0.388. The Kier molecular flexibility index (Phi) is 3.25. The molecule has 0 aliphatic carbocycles. The van der Waals surface area contributed by atoms with E-state index in [0.717, 1.165) is 6.42 Å². The van der Waals surface area contributed by atoms with Crippen molar-refractivity contribution in [1.82, 2.24) is 5.43 Å². The molecule has 0 fully saturated rings. The standard InChI is InChI=1S/C7H12N4O/c1-8-10-5-6-3-4-9-7(11-6)12-2/h4,6,10H,1,3,5H2,2H3/t6-/m0/s1. The summed E-state index contributed by atoms with van der Waals surface area (Å²) in [5.41, 5.74) is 2.75. The Morgan fingerprint density at radius 3 is 3.42 bits per heavy atom. The van der Waals surface area contributed by atoms with Gasteiger partial charge in [0.25, 0.3) is 0 Å². The zero-order valence-electron chi connectivity index (χ0n) is 7.03. The molecule has 0 aromatic heterocycles. The van der Waals surface area contributed by atoms with E-state index in [1.165, 1.54) is 0 Å². The topological polar surface area (TPSA) is 58.3 Å². The van der Waals surface area contributed by atoms with E-state index in [4.69, 9.17) is 4.74 Å². The molecule has 0 bridgehead atoms. The number of hydrazone groups is 1. The zero-order chi connectivity index (χ0) is 8.81. The van der Waals surface area contributed by atoms with E-state index in [9.17, 15) is 0 Å². The van der Waals surface area contributed by atoms with Crippen LogP contribution >= 0.6 is 0 Å². The Labute approximate surface area is 71.2 Å². The summed E-state index contributed by atoms with van der Waals surface area (Å²) in [6.07, 6.45) is 2.61. The summed E-state index contributed by atoms with van der Waals surface area (Å²) in [5, 5.41) is 3.53. The van der Waals surface area contributed by atoms with E-state index in [-0.39, 0.29) is 6.04 Å². The van der Waals surface area contributed by atoms with Gasteiger partial charge in [-0.1, -0.05) is 0 Å². The van der Waals surface area contributed by atoms with Crippen molar-refractivity contribution in [2.75, 3.05) is 13.7 Å². The molecule has 1 atom stereocenters. The summed E-state index contributed by atoms with van der Waals surface area (Å²) in [7, 11) is 1.55. The average Bonchev–Trinajstić information content (AvgIpc) is 2.15. The summed E-state index contributed by atoms with van der Waals surface area (Å²) in [5.74, 6) is 0. The third-order valence-electron chi connectivity index (χ3n) is 1.49. The van der Waals surface area contributed by atoms with E-state index in [0.29, 0.717) is 12.6 Å². The Morgan fingerprint density at radius 1 is 1.92 bits per heavy atom. The van der Waals surface area contributed by atoms with E-state index < -0.39 is 0 Å². The van der Waals surface area contributed by atoms with Crippen LogP contribution in [0.15, 0.2) is 15.1 Å². The van der Waals surface area contributed by atoms with Gasteiger partial charge in [-0.05, 0) is 0 Å². The zero-order valence-corrected chi connectivity index (χ0v) is 7.03. The second kappa shape index (κ2) is 4.48. The molecule has 1 aliphatic heterocycles. The molecule has 0 amide bonds. The Balaban J connectivity index is 2.42. The number of rotatable bonds is 3. The van der Waals surface area contributed by atoms with Gasteiger partial charge in [0, 0.05) is 19.4 Å². The molecule has 5 heteroatoms. The highest BCUT2D eigenvalue weighted by Crippen LogP contribution is 2.02. The molecule has 0 radical (unpaired) electrons. The minimum Gasteiger partial charge on any atom is -0.467 e. The lowest BCUT2D eigenvalue weighted by Crippen LogP contribution is -2.25. The van der Waals surface area contributed by atoms with Crippen molar-refractivity contribution in [3.8, 4) is 0 Å². The Morgan fingerprint density at radius 2 is 2.75 bits per heavy atom. The maximum absolute atomic E-state index is 4.88. The van der Waals surface area contributed by atoms with Crippen molar-refractivity contribution >= 4 is 19.0 Å². The SMILES string of the molecule is C=NNC[C@@H]1CC=NC(OC)=N1. The first kappa shape index (κ1) is 8.70. The molecule has 0 aromatic carbocycles. The molecule has 0 spiro atoms. The molecular formula is C7H12N4O. The first-order valence-corrected chi connectivity index (χ1v) is 3.69.